The Morgan fingerprint density at radius 1 is 1.14 bits per heavy atom. The first-order valence-electron chi connectivity index (χ1n) is 8.01. The van der Waals surface area contributed by atoms with E-state index in [0.29, 0.717) is 13.0 Å². The molecule has 2 amide bonds. The van der Waals surface area contributed by atoms with Crippen molar-refractivity contribution in [1.29, 1.82) is 0 Å². The highest BCUT2D eigenvalue weighted by atomic mass is 16.4. The predicted molar refractivity (Wildman–Crippen MR) is 78.0 cm³/mol. The Balaban J connectivity index is 1.79. The van der Waals surface area contributed by atoms with Gasteiger partial charge in [-0.1, -0.05) is 12.8 Å². The zero-order valence-electron chi connectivity index (χ0n) is 12.5. The standard InChI is InChI=1S/C15H26N2O4/c18-13-6-2-1-5-12(13)16-15(21)17-9-3-4-11(10-17)7-8-14(19)20/h11-13,18H,1-10H2,(H,16,21)(H,19,20). The maximum Gasteiger partial charge on any atom is 0.317 e. The Bertz CT molecular complexity index is 375. The van der Waals surface area contributed by atoms with Crippen LogP contribution in [0.2, 0.25) is 0 Å². The molecule has 0 aromatic carbocycles. The number of nitrogens with zero attached hydrogens (tertiary/aromatic N) is 1. The fraction of sp³-hybridized carbons (Fsp3) is 0.867. The highest BCUT2D eigenvalue weighted by Gasteiger charge is 2.29. The molecule has 0 spiro atoms. The van der Waals surface area contributed by atoms with Gasteiger partial charge in [0.05, 0.1) is 12.1 Å². The summed E-state index contributed by atoms with van der Waals surface area (Å²) in [6, 6.07) is -0.244. The topological polar surface area (TPSA) is 89.9 Å². The molecule has 0 aromatic heterocycles. The molecule has 120 valence electrons. The minimum absolute atomic E-state index is 0.110. The monoisotopic (exact) mass is 298 g/mol. The molecule has 3 unspecified atom stereocenters. The number of hydrogen-bond acceptors (Lipinski definition) is 3. The lowest BCUT2D eigenvalue weighted by atomic mass is 9.92. The molecule has 2 aliphatic rings. The highest BCUT2D eigenvalue weighted by Crippen LogP contribution is 2.22. The maximum atomic E-state index is 12.3. The van der Waals surface area contributed by atoms with E-state index in [1.807, 2.05) is 0 Å². The molecule has 21 heavy (non-hydrogen) atoms. The first-order valence-corrected chi connectivity index (χ1v) is 8.01. The third-order valence-electron chi connectivity index (χ3n) is 4.61. The first-order chi connectivity index (χ1) is 10.1. The zero-order chi connectivity index (χ0) is 15.2. The Hall–Kier alpha value is -1.30. The van der Waals surface area contributed by atoms with E-state index in [9.17, 15) is 14.7 Å². The summed E-state index contributed by atoms with van der Waals surface area (Å²) in [7, 11) is 0. The van der Waals surface area contributed by atoms with Crippen molar-refractivity contribution in [3.63, 3.8) is 0 Å². The van der Waals surface area contributed by atoms with Gasteiger partial charge >= 0.3 is 12.0 Å². The van der Waals surface area contributed by atoms with Gasteiger partial charge in [-0.2, -0.15) is 0 Å². The van der Waals surface area contributed by atoms with Crippen molar-refractivity contribution in [3.8, 4) is 0 Å². The van der Waals surface area contributed by atoms with Crippen molar-refractivity contribution in [2.24, 2.45) is 5.92 Å². The van der Waals surface area contributed by atoms with Gasteiger partial charge in [-0.3, -0.25) is 4.79 Å². The quantitative estimate of drug-likeness (QED) is 0.735. The molecule has 1 aliphatic carbocycles. The molecular weight excluding hydrogens is 272 g/mol. The first kappa shape index (κ1) is 16.1. The van der Waals surface area contributed by atoms with Gasteiger partial charge in [-0.15, -0.1) is 0 Å². The second-order valence-electron chi connectivity index (χ2n) is 6.29. The minimum Gasteiger partial charge on any atom is -0.481 e. The Labute approximate surface area is 125 Å². The van der Waals surface area contributed by atoms with Crippen LogP contribution in [0, 0.1) is 5.92 Å². The molecule has 2 fully saturated rings. The number of carbonyl (C=O) groups is 2. The smallest absolute Gasteiger partial charge is 0.317 e. The Morgan fingerprint density at radius 3 is 2.62 bits per heavy atom. The van der Waals surface area contributed by atoms with E-state index in [1.165, 1.54) is 0 Å². The minimum atomic E-state index is -0.776. The third-order valence-corrected chi connectivity index (χ3v) is 4.61. The summed E-state index contributed by atoms with van der Waals surface area (Å²) in [5, 5.41) is 21.6. The van der Waals surface area contributed by atoms with Gasteiger partial charge < -0.3 is 20.4 Å². The highest BCUT2D eigenvalue weighted by molar-refractivity contribution is 5.74. The SMILES string of the molecule is O=C(O)CCC1CCCN(C(=O)NC2CCCCC2O)C1. The second-order valence-corrected chi connectivity index (χ2v) is 6.29. The van der Waals surface area contributed by atoms with Crippen molar-refractivity contribution in [2.45, 2.75) is 63.5 Å². The van der Waals surface area contributed by atoms with Crippen molar-refractivity contribution in [1.82, 2.24) is 10.2 Å². The summed E-state index contributed by atoms with van der Waals surface area (Å²) in [5.74, 6) is -0.501. The lowest BCUT2D eigenvalue weighted by molar-refractivity contribution is -0.137. The summed E-state index contributed by atoms with van der Waals surface area (Å²) in [5.41, 5.74) is 0. The largest absolute Gasteiger partial charge is 0.481 e. The van der Waals surface area contributed by atoms with E-state index < -0.39 is 12.1 Å². The van der Waals surface area contributed by atoms with Gasteiger partial charge in [0, 0.05) is 19.5 Å². The van der Waals surface area contributed by atoms with Crippen molar-refractivity contribution in [3.05, 3.63) is 0 Å². The molecule has 0 aromatic rings. The summed E-state index contributed by atoms with van der Waals surface area (Å²) >= 11 is 0. The molecule has 1 aliphatic heterocycles. The number of aliphatic carboxylic acids is 1. The number of rotatable bonds is 4. The Kier molecular flexibility index (Phi) is 5.85. The van der Waals surface area contributed by atoms with Gasteiger partial charge in [0.15, 0.2) is 0 Å². The van der Waals surface area contributed by atoms with Gasteiger partial charge in [-0.05, 0) is 38.0 Å². The number of likely N-dealkylation sites (tertiary alicyclic amines) is 1. The van der Waals surface area contributed by atoms with E-state index in [4.69, 9.17) is 5.11 Å². The molecule has 6 heteroatoms. The van der Waals surface area contributed by atoms with Crippen LogP contribution in [0.5, 0.6) is 0 Å². The van der Waals surface area contributed by atoms with Crippen LogP contribution < -0.4 is 5.32 Å². The molecule has 0 radical (unpaired) electrons. The van der Waals surface area contributed by atoms with E-state index >= 15 is 0 Å². The van der Waals surface area contributed by atoms with Crippen molar-refractivity contribution >= 4 is 12.0 Å². The molecule has 2 rings (SSSR count). The summed E-state index contributed by atoms with van der Waals surface area (Å²) in [4.78, 5) is 24.7. The number of piperidine rings is 1. The van der Waals surface area contributed by atoms with Crippen LogP contribution in [-0.4, -0.2) is 52.3 Å². The van der Waals surface area contributed by atoms with Gasteiger partial charge in [0.1, 0.15) is 0 Å². The lowest BCUT2D eigenvalue weighted by Gasteiger charge is -2.35. The van der Waals surface area contributed by atoms with Crippen LogP contribution in [0.25, 0.3) is 0 Å². The number of carbonyl (C=O) groups excluding carboxylic acids is 1. The molecule has 6 nitrogen and oxygen atoms in total. The van der Waals surface area contributed by atoms with Crippen LogP contribution in [0.3, 0.4) is 0 Å². The third kappa shape index (κ3) is 4.88. The lowest BCUT2D eigenvalue weighted by Crippen LogP contribution is -2.52. The summed E-state index contributed by atoms with van der Waals surface area (Å²) < 4.78 is 0. The van der Waals surface area contributed by atoms with Crippen LogP contribution in [-0.2, 0) is 4.79 Å². The molecule has 1 saturated heterocycles. The second kappa shape index (κ2) is 7.64. The van der Waals surface area contributed by atoms with E-state index in [0.717, 1.165) is 45.1 Å². The van der Waals surface area contributed by atoms with Crippen molar-refractivity contribution in [2.75, 3.05) is 13.1 Å². The predicted octanol–water partition coefficient (Wildman–Crippen LogP) is 1.58. The van der Waals surface area contributed by atoms with Crippen molar-refractivity contribution < 1.29 is 19.8 Å². The maximum absolute atomic E-state index is 12.3. The molecule has 1 saturated carbocycles. The average molecular weight is 298 g/mol. The van der Waals surface area contributed by atoms with Crippen LogP contribution in [0.4, 0.5) is 4.79 Å². The number of nitrogens with one attached hydrogen (secondary N) is 1. The van der Waals surface area contributed by atoms with Gasteiger partial charge in [-0.25, -0.2) is 4.79 Å². The summed E-state index contributed by atoms with van der Waals surface area (Å²) in [6.07, 6.45) is 5.93. The number of urea groups is 1. The molecule has 1 heterocycles. The van der Waals surface area contributed by atoms with E-state index in [-0.39, 0.29) is 24.4 Å². The fourth-order valence-electron chi connectivity index (χ4n) is 3.34. The zero-order valence-corrected chi connectivity index (χ0v) is 12.5. The average Bonchev–Trinajstić information content (AvgIpc) is 2.48. The number of carboxylic acids is 1. The van der Waals surface area contributed by atoms with E-state index in [2.05, 4.69) is 5.32 Å². The van der Waals surface area contributed by atoms with Crippen LogP contribution in [0.1, 0.15) is 51.4 Å². The van der Waals surface area contributed by atoms with Crippen LogP contribution >= 0.6 is 0 Å². The van der Waals surface area contributed by atoms with E-state index in [1.54, 1.807) is 4.90 Å². The number of aliphatic hydroxyl groups excluding tert-OH is 1. The molecule has 0 bridgehead atoms. The normalized spacial score (nSPS) is 30.0. The summed E-state index contributed by atoms with van der Waals surface area (Å²) in [6.45, 7) is 1.35. The molecule has 3 N–H and O–H groups in total. The number of hydrogen-bond donors (Lipinski definition) is 3. The Morgan fingerprint density at radius 2 is 1.90 bits per heavy atom. The number of carboxylic acid groups (broad SMARTS) is 1. The van der Waals surface area contributed by atoms with Crippen LogP contribution in [0.15, 0.2) is 0 Å². The van der Waals surface area contributed by atoms with Gasteiger partial charge in [0.2, 0.25) is 0 Å². The fourth-order valence-corrected chi connectivity index (χ4v) is 3.34. The van der Waals surface area contributed by atoms with Gasteiger partial charge in [0.25, 0.3) is 0 Å². The molecule has 3 atom stereocenters. The number of aliphatic hydroxyl groups is 1. The molecular formula is C15H26N2O4. The number of amides is 2.